The van der Waals surface area contributed by atoms with E-state index in [1.807, 2.05) is 13.8 Å². The minimum atomic E-state index is -0.568. The summed E-state index contributed by atoms with van der Waals surface area (Å²) in [6.45, 7) is 3.61. The van der Waals surface area contributed by atoms with Gasteiger partial charge < -0.3 is 9.47 Å². The Balaban J connectivity index is 1.73. The summed E-state index contributed by atoms with van der Waals surface area (Å²) >= 11 is 4.98. The van der Waals surface area contributed by atoms with Gasteiger partial charge in [0.05, 0.1) is 11.0 Å². The molecule has 164 valence electrons. The second kappa shape index (κ2) is 11.5. The van der Waals surface area contributed by atoms with E-state index in [0.29, 0.717) is 11.3 Å². The van der Waals surface area contributed by atoms with Gasteiger partial charge in [-0.25, -0.2) is 0 Å². The number of hydrazine groups is 1. The molecule has 0 radical (unpaired) electrons. The zero-order chi connectivity index (χ0) is 22.8. The summed E-state index contributed by atoms with van der Waals surface area (Å²) in [5.41, 5.74) is 4.96. The van der Waals surface area contributed by atoms with Crippen LogP contribution in [0.3, 0.4) is 0 Å². The fourth-order valence-electron chi connectivity index (χ4n) is 2.18. The normalized spacial score (nSPS) is 11.0. The monoisotopic (exact) mass is 446 g/mol. The molecule has 1 atom stereocenters. The lowest BCUT2D eigenvalue weighted by Crippen LogP contribution is -2.49. The number of carbonyl (C=O) groups is 2. The number of amides is 2. The third-order valence-corrected chi connectivity index (χ3v) is 4.19. The Morgan fingerprint density at radius 1 is 1.06 bits per heavy atom. The number of hydrogen-bond acceptors (Lipinski definition) is 7. The molecule has 0 bridgehead atoms. The van der Waals surface area contributed by atoms with Crippen LogP contribution < -0.4 is 25.6 Å². The van der Waals surface area contributed by atoms with Crippen LogP contribution in [0.25, 0.3) is 0 Å². The molecule has 2 aromatic rings. The van der Waals surface area contributed by atoms with Crippen LogP contribution in [0, 0.1) is 10.1 Å². The average molecular weight is 446 g/mol. The number of hydrogen-bond donors (Lipinski definition) is 3. The molecule has 2 amide bonds. The molecule has 0 aromatic heterocycles. The molecule has 2 rings (SSSR count). The number of rotatable bonds is 8. The van der Waals surface area contributed by atoms with Crippen LogP contribution in [-0.4, -0.2) is 34.6 Å². The number of non-ortho nitro benzene ring substituents is 1. The predicted molar refractivity (Wildman–Crippen MR) is 117 cm³/mol. The molecule has 0 aliphatic rings. The molecular formula is C20H22N4O6S. The molecule has 0 saturated carbocycles. The summed E-state index contributed by atoms with van der Waals surface area (Å²) in [7, 11) is 0. The molecule has 0 aliphatic heterocycles. The van der Waals surface area contributed by atoms with Gasteiger partial charge in [0.25, 0.3) is 17.5 Å². The minimum absolute atomic E-state index is 0.0736. The van der Waals surface area contributed by atoms with Crippen LogP contribution >= 0.6 is 12.2 Å². The number of ether oxygens (including phenoxy) is 2. The lowest BCUT2D eigenvalue weighted by atomic mass is 10.2. The number of nitro benzene ring substituents is 1. The Hall–Kier alpha value is -3.73. The first-order valence-corrected chi connectivity index (χ1v) is 9.73. The summed E-state index contributed by atoms with van der Waals surface area (Å²) in [6.07, 6.45) is 0.941. The molecule has 0 fully saturated rings. The van der Waals surface area contributed by atoms with Crippen molar-refractivity contribution < 1.29 is 24.0 Å². The van der Waals surface area contributed by atoms with E-state index in [1.54, 1.807) is 24.3 Å². The third kappa shape index (κ3) is 7.90. The van der Waals surface area contributed by atoms with Gasteiger partial charge in [0.1, 0.15) is 11.5 Å². The molecule has 11 heteroatoms. The second-order valence-corrected chi connectivity index (χ2v) is 6.77. The van der Waals surface area contributed by atoms with E-state index in [2.05, 4.69) is 16.2 Å². The van der Waals surface area contributed by atoms with Gasteiger partial charge in [0.15, 0.2) is 11.7 Å². The van der Waals surface area contributed by atoms with Crippen LogP contribution in [0.15, 0.2) is 48.5 Å². The maximum atomic E-state index is 12.2. The first-order valence-electron chi connectivity index (χ1n) is 9.32. The van der Waals surface area contributed by atoms with Crippen LogP contribution in [0.1, 0.15) is 30.6 Å². The van der Waals surface area contributed by atoms with Crippen LogP contribution in [0.4, 0.5) is 5.69 Å². The molecule has 2 aromatic carbocycles. The number of nitrogens with one attached hydrogen (secondary N) is 3. The van der Waals surface area contributed by atoms with E-state index in [0.717, 1.165) is 6.42 Å². The van der Waals surface area contributed by atoms with Crippen molar-refractivity contribution in [3.8, 4) is 11.5 Å². The van der Waals surface area contributed by atoms with E-state index in [1.165, 1.54) is 24.3 Å². The lowest BCUT2D eigenvalue weighted by molar-refractivity contribution is -0.384. The summed E-state index contributed by atoms with van der Waals surface area (Å²) in [5, 5.41) is 12.9. The van der Waals surface area contributed by atoms with Gasteiger partial charge in [-0.2, -0.15) is 0 Å². The summed E-state index contributed by atoms with van der Waals surface area (Å²) in [5.74, 6) is -0.0743. The standard InChI is InChI=1S/C20H22N4O6S/c1-3-13(2)30-17-8-4-14(5-9-17)19(26)21-20(31)23-22-18(25)12-29-16-10-6-15(7-11-16)24(27)28/h4-11,13H,3,12H2,1-2H3,(H,22,25)(H2,21,23,26,31). The molecular weight excluding hydrogens is 424 g/mol. The van der Waals surface area contributed by atoms with Crippen molar-refractivity contribution in [2.45, 2.75) is 26.4 Å². The number of carbonyl (C=O) groups excluding carboxylic acids is 2. The molecule has 31 heavy (non-hydrogen) atoms. The summed E-state index contributed by atoms with van der Waals surface area (Å²) < 4.78 is 10.9. The van der Waals surface area contributed by atoms with Gasteiger partial charge in [0, 0.05) is 17.7 Å². The number of benzene rings is 2. The van der Waals surface area contributed by atoms with E-state index in [4.69, 9.17) is 21.7 Å². The van der Waals surface area contributed by atoms with Crippen LogP contribution in [0.2, 0.25) is 0 Å². The number of nitro groups is 1. The molecule has 0 spiro atoms. The van der Waals surface area contributed by atoms with Crippen molar-refractivity contribution in [3.05, 3.63) is 64.2 Å². The largest absolute Gasteiger partial charge is 0.491 e. The van der Waals surface area contributed by atoms with E-state index >= 15 is 0 Å². The van der Waals surface area contributed by atoms with Crippen molar-refractivity contribution in [3.63, 3.8) is 0 Å². The molecule has 3 N–H and O–H groups in total. The lowest BCUT2D eigenvalue weighted by Gasteiger charge is -2.13. The van der Waals surface area contributed by atoms with Gasteiger partial charge >= 0.3 is 0 Å². The maximum Gasteiger partial charge on any atom is 0.276 e. The van der Waals surface area contributed by atoms with Crippen molar-refractivity contribution in [2.24, 2.45) is 0 Å². The fraction of sp³-hybridized carbons (Fsp3) is 0.250. The predicted octanol–water partition coefficient (Wildman–Crippen LogP) is 2.49. The highest BCUT2D eigenvalue weighted by Crippen LogP contribution is 2.17. The summed E-state index contributed by atoms with van der Waals surface area (Å²) in [4.78, 5) is 34.1. The van der Waals surface area contributed by atoms with Crippen molar-refractivity contribution in [1.29, 1.82) is 0 Å². The molecule has 10 nitrogen and oxygen atoms in total. The molecule has 0 saturated heterocycles. The topological polar surface area (TPSA) is 132 Å². The Labute approximate surface area is 184 Å². The zero-order valence-electron chi connectivity index (χ0n) is 16.9. The van der Waals surface area contributed by atoms with Crippen molar-refractivity contribution in [1.82, 2.24) is 16.2 Å². The zero-order valence-corrected chi connectivity index (χ0v) is 17.7. The Morgan fingerprint density at radius 2 is 1.68 bits per heavy atom. The molecule has 1 unspecified atom stereocenters. The summed E-state index contributed by atoms with van der Waals surface area (Å²) in [6, 6.07) is 11.9. The molecule has 0 heterocycles. The SMILES string of the molecule is CCC(C)Oc1ccc(C(=O)NC(=S)NNC(=O)COc2ccc([N+](=O)[O-])cc2)cc1. The smallest absolute Gasteiger partial charge is 0.276 e. The first-order chi connectivity index (χ1) is 14.8. The Bertz CT molecular complexity index is 934. The second-order valence-electron chi connectivity index (χ2n) is 6.36. The van der Waals surface area contributed by atoms with Gasteiger partial charge in [-0.15, -0.1) is 0 Å². The van der Waals surface area contributed by atoms with E-state index in [9.17, 15) is 19.7 Å². The highest BCUT2D eigenvalue weighted by atomic mass is 32.1. The number of nitrogens with zero attached hydrogens (tertiary/aromatic N) is 1. The van der Waals surface area contributed by atoms with Gasteiger partial charge in [-0.3, -0.25) is 35.9 Å². The van der Waals surface area contributed by atoms with Gasteiger partial charge in [0.2, 0.25) is 0 Å². The highest BCUT2D eigenvalue weighted by Gasteiger charge is 2.10. The fourth-order valence-corrected chi connectivity index (χ4v) is 2.33. The van der Waals surface area contributed by atoms with Crippen LogP contribution in [-0.2, 0) is 4.79 Å². The van der Waals surface area contributed by atoms with Crippen molar-refractivity contribution >= 4 is 34.8 Å². The van der Waals surface area contributed by atoms with E-state index < -0.39 is 16.7 Å². The maximum absolute atomic E-state index is 12.2. The van der Waals surface area contributed by atoms with E-state index in [-0.39, 0.29) is 29.3 Å². The minimum Gasteiger partial charge on any atom is -0.491 e. The third-order valence-electron chi connectivity index (χ3n) is 3.99. The first kappa shape index (κ1) is 23.5. The Morgan fingerprint density at radius 3 is 2.26 bits per heavy atom. The van der Waals surface area contributed by atoms with Crippen LogP contribution in [0.5, 0.6) is 11.5 Å². The molecule has 0 aliphatic carbocycles. The van der Waals surface area contributed by atoms with Crippen molar-refractivity contribution in [2.75, 3.05) is 6.61 Å². The van der Waals surface area contributed by atoms with Gasteiger partial charge in [-0.1, -0.05) is 6.92 Å². The highest BCUT2D eigenvalue weighted by molar-refractivity contribution is 7.80. The Kier molecular flexibility index (Phi) is 8.70. The quantitative estimate of drug-likeness (QED) is 0.320. The van der Waals surface area contributed by atoms with Gasteiger partial charge in [-0.05, 0) is 62.0 Å². The average Bonchev–Trinajstić information content (AvgIpc) is 2.76. The number of thiocarbonyl (C=S) groups is 1.